The number of ether oxygens (including phenoxy) is 1. The summed E-state index contributed by atoms with van der Waals surface area (Å²) in [5.41, 5.74) is 3.50. The van der Waals surface area contributed by atoms with E-state index in [0.717, 1.165) is 11.4 Å². The minimum Gasteiger partial charge on any atom is -0.378 e. The molecule has 1 unspecified atom stereocenters. The molecule has 0 aliphatic carbocycles. The van der Waals surface area contributed by atoms with Crippen molar-refractivity contribution in [2.75, 3.05) is 24.4 Å². The van der Waals surface area contributed by atoms with Gasteiger partial charge < -0.3 is 15.4 Å². The zero-order chi connectivity index (χ0) is 14.4. The van der Waals surface area contributed by atoms with Gasteiger partial charge in [0.1, 0.15) is 6.61 Å². The van der Waals surface area contributed by atoms with Crippen LogP contribution in [0.5, 0.6) is 0 Å². The molecule has 0 fully saturated rings. The topological polar surface area (TPSA) is 63.2 Å². The lowest BCUT2D eigenvalue weighted by atomic mass is 10.2. The molecule has 20 heavy (non-hydrogen) atoms. The molecule has 106 valence electrons. The van der Waals surface area contributed by atoms with E-state index in [9.17, 15) is 4.79 Å². The van der Waals surface area contributed by atoms with E-state index in [1.807, 2.05) is 36.0 Å². The average molecular weight is 291 g/mol. The Labute approximate surface area is 122 Å². The number of anilines is 2. The SMILES string of the molecule is COCC(=O)Nc1cccc(NC(C)c2cncs2)c1. The van der Waals surface area contributed by atoms with E-state index in [1.54, 1.807) is 11.3 Å². The molecule has 0 radical (unpaired) electrons. The second kappa shape index (κ2) is 7.02. The molecule has 5 nitrogen and oxygen atoms in total. The van der Waals surface area contributed by atoms with E-state index in [1.165, 1.54) is 12.0 Å². The van der Waals surface area contributed by atoms with Gasteiger partial charge in [0.25, 0.3) is 0 Å². The van der Waals surface area contributed by atoms with Crippen LogP contribution in [-0.2, 0) is 9.53 Å². The minimum absolute atomic E-state index is 0.0505. The number of benzene rings is 1. The third-order valence-corrected chi connectivity index (χ3v) is 3.64. The third kappa shape index (κ3) is 4.04. The number of aromatic nitrogens is 1. The van der Waals surface area contributed by atoms with Crippen LogP contribution in [0, 0.1) is 0 Å². The summed E-state index contributed by atoms with van der Waals surface area (Å²) in [5.74, 6) is -0.167. The molecular formula is C14H17N3O2S. The third-order valence-electron chi connectivity index (χ3n) is 2.68. The number of methoxy groups -OCH3 is 1. The van der Waals surface area contributed by atoms with Gasteiger partial charge in [0.05, 0.1) is 11.6 Å². The molecule has 1 amide bonds. The highest BCUT2D eigenvalue weighted by atomic mass is 32.1. The van der Waals surface area contributed by atoms with Crippen molar-refractivity contribution in [1.29, 1.82) is 0 Å². The highest BCUT2D eigenvalue weighted by Gasteiger charge is 2.07. The number of hydrogen-bond donors (Lipinski definition) is 2. The minimum atomic E-state index is -0.167. The van der Waals surface area contributed by atoms with Crippen molar-refractivity contribution in [3.05, 3.63) is 40.8 Å². The largest absolute Gasteiger partial charge is 0.378 e. The van der Waals surface area contributed by atoms with Crippen LogP contribution in [0.15, 0.2) is 36.0 Å². The zero-order valence-corrected chi connectivity index (χ0v) is 12.2. The maximum atomic E-state index is 11.5. The van der Waals surface area contributed by atoms with Crippen molar-refractivity contribution in [3.8, 4) is 0 Å². The predicted octanol–water partition coefficient (Wildman–Crippen LogP) is 2.90. The lowest BCUT2D eigenvalue weighted by Gasteiger charge is -2.14. The number of hydrogen-bond acceptors (Lipinski definition) is 5. The van der Waals surface area contributed by atoms with Crippen molar-refractivity contribution in [2.24, 2.45) is 0 Å². The van der Waals surface area contributed by atoms with Crippen molar-refractivity contribution in [2.45, 2.75) is 13.0 Å². The Bertz CT molecular complexity index is 557. The van der Waals surface area contributed by atoms with Gasteiger partial charge in [-0.1, -0.05) is 6.07 Å². The van der Waals surface area contributed by atoms with Crippen LogP contribution in [0.1, 0.15) is 17.8 Å². The van der Waals surface area contributed by atoms with Gasteiger partial charge in [0, 0.05) is 29.6 Å². The van der Waals surface area contributed by atoms with Crippen LogP contribution in [0.25, 0.3) is 0 Å². The molecule has 0 aliphatic rings. The summed E-state index contributed by atoms with van der Waals surface area (Å²) >= 11 is 1.61. The van der Waals surface area contributed by atoms with Crippen LogP contribution >= 0.6 is 11.3 Å². The van der Waals surface area contributed by atoms with Gasteiger partial charge in [-0.15, -0.1) is 11.3 Å². The number of carbonyl (C=O) groups is 1. The molecule has 2 N–H and O–H groups in total. The first-order valence-electron chi connectivity index (χ1n) is 6.23. The van der Waals surface area contributed by atoms with Crippen LogP contribution in [-0.4, -0.2) is 24.6 Å². The van der Waals surface area contributed by atoms with Gasteiger partial charge in [-0.05, 0) is 25.1 Å². The van der Waals surface area contributed by atoms with Crippen molar-refractivity contribution in [1.82, 2.24) is 4.98 Å². The average Bonchev–Trinajstić information content (AvgIpc) is 2.93. The molecule has 1 aromatic carbocycles. The maximum absolute atomic E-state index is 11.5. The van der Waals surface area contributed by atoms with E-state index >= 15 is 0 Å². The Morgan fingerprint density at radius 2 is 2.25 bits per heavy atom. The van der Waals surface area contributed by atoms with Crippen LogP contribution in [0.2, 0.25) is 0 Å². The van der Waals surface area contributed by atoms with Crippen molar-refractivity contribution >= 4 is 28.6 Å². The molecule has 1 aromatic heterocycles. The lowest BCUT2D eigenvalue weighted by molar-refractivity contribution is -0.119. The highest BCUT2D eigenvalue weighted by Crippen LogP contribution is 2.23. The Morgan fingerprint density at radius 3 is 2.95 bits per heavy atom. The maximum Gasteiger partial charge on any atom is 0.250 e. The van der Waals surface area contributed by atoms with Gasteiger partial charge in [-0.3, -0.25) is 9.78 Å². The highest BCUT2D eigenvalue weighted by molar-refractivity contribution is 7.09. The summed E-state index contributed by atoms with van der Waals surface area (Å²) in [4.78, 5) is 16.7. The smallest absolute Gasteiger partial charge is 0.250 e. The molecule has 1 heterocycles. The summed E-state index contributed by atoms with van der Waals surface area (Å²) in [6, 6.07) is 7.77. The van der Waals surface area contributed by atoms with Crippen LogP contribution in [0.4, 0.5) is 11.4 Å². The van der Waals surface area contributed by atoms with E-state index in [-0.39, 0.29) is 18.6 Å². The predicted molar refractivity (Wildman–Crippen MR) is 81.1 cm³/mol. The van der Waals surface area contributed by atoms with Gasteiger partial charge in [-0.25, -0.2) is 0 Å². The quantitative estimate of drug-likeness (QED) is 0.859. The first-order valence-corrected chi connectivity index (χ1v) is 7.11. The lowest BCUT2D eigenvalue weighted by Crippen LogP contribution is -2.17. The number of rotatable bonds is 6. The van der Waals surface area contributed by atoms with E-state index in [4.69, 9.17) is 4.74 Å². The Morgan fingerprint density at radius 1 is 1.45 bits per heavy atom. The standard InChI is InChI=1S/C14H17N3O2S/c1-10(13-7-15-9-20-13)16-11-4-3-5-12(6-11)17-14(18)8-19-2/h3-7,9-10,16H,8H2,1-2H3,(H,17,18). The van der Waals surface area contributed by atoms with Gasteiger partial charge in [-0.2, -0.15) is 0 Å². The number of nitrogens with zero attached hydrogens (tertiary/aromatic N) is 1. The van der Waals surface area contributed by atoms with Gasteiger partial charge >= 0.3 is 0 Å². The summed E-state index contributed by atoms with van der Waals surface area (Å²) in [6.07, 6.45) is 1.85. The first kappa shape index (κ1) is 14.5. The van der Waals surface area contributed by atoms with Gasteiger partial charge in [0.2, 0.25) is 5.91 Å². The summed E-state index contributed by atoms with van der Waals surface area (Å²) < 4.78 is 4.79. The van der Waals surface area contributed by atoms with Gasteiger partial charge in [0.15, 0.2) is 0 Å². The first-order chi connectivity index (χ1) is 9.69. The Kier molecular flexibility index (Phi) is 5.09. The molecule has 6 heteroatoms. The number of amides is 1. The molecule has 0 bridgehead atoms. The number of carbonyl (C=O) groups excluding carboxylic acids is 1. The summed E-state index contributed by atoms with van der Waals surface area (Å²) in [6.45, 7) is 2.12. The molecule has 0 spiro atoms. The molecule has 0 saturated carbocycles. The summed E-state index contributed by atoms with van der Waals surface area (Å²) in [7, 11) is 1.49. The van der Waals surface area contributed by atoms with Crippen molar-refractivity contribution < 1.29 is 9.53 Å². The van der Waals surface area contributed by atoms with E-state index in [0.29, 0.717) is 0 Å². The Balaban J connectivity index is 2.00. The second-order valence-electron chi connectivity index (χ2n) is 4.33. The molecule has 0 saturated heterocycles. The Hall–Kier alpha value is -1.92. The van der Waals surface area contributed by atoms with E-state index in [2.05, 4.69) is 22.5 Å². The van der Waals surface area contributed by atoms with Crippen LogP contribution < -0.4 is 10.6 Å². The molecule has 0 aliphatic heterocycles. The normalized spacial score (nSPS) is 11.9. The second-order valence-corrected chi connectivity index (χ2v) is 5.25. The van der Waals surface area contributed by atoms with Crippen molar-refractivity contribution in [3.63, 3.8) is 0 Å². The molecule has 2 rings (SSSR count). The molecule has 1 atom stereocenters. The fraction of sp³-hybridized carbons (Fsp3) is 0.286. The fourth-order valence-corrected chi connectivity index (χ4v) is 2.40. The zero-order valence-electron chi connectivity index (χ0n) is 11.4. The molecular weight excluding hydrogens is 274 g/mol. The number of thiazole rings is 1. The van der Waals surface area contributed by atoms with Crippen LogP contribution in [0.3, 0.4) is 0 Å². The molecule has 2 aromatic rings. The number of nitrogens with one attached hydrogen (secondary N) is 2. The summed E-state index contributed by atoms with van der Waals surface area (Å²) in [5, 5.41) is 6.16. The van der Waals surface area contributed by atoms with E-state index < -0.39 is 0 Å². The monoisotopic (exact) mass is 291 g/mol. The fourth-order valence-electron chi connectivity index (χ4n) is 1.78.